The first kappa shape index (κ1) is 15.3. The molecule has 116 valence electrons. The molecule has 1 aromatic rings. The summed E-state index contributed by atoms with van der Waals surface area (Å²) in [5.74, 6) is -0.556. The smallest absolute Gasteiger partial charge is 0.270 e. The fourth-order valence-corrected chi connectivity index (χ4v) is 3.62. The quantitative estimate of drug-likeness (QED) is 0.610. The second-order valence-electron chi connectivity index (χ2n) is 6.18. The van der Waals surface area contributed by atoms with Gasteiger partial charge in [-0.3, -0.25) is 14.5 Å². The molecule has 1 aromatic carbocycles. The summed E-state index contributed by atoms with van der Waals surface area (Å²) in [5.41, 5.74) is 2.19. The molecule has 4 heteroatoms. The lowest BCUT2D eigenvalue weighted by molar-refractivity contribution is -0.139. The first-order valence-corrected chi connectivity index (χ1v) is 8.32. The van der Waals surface area contributed by atoms with E-state index in [1.165, 1.54) is 17.7 Å². The zero-order chi connectivity index (χ0) is 15.7. The van der Waals surface area contributed by atoms with E-state index in [0.717, 1.165) is 36.8 Å². The number of amides is 2. The van der Waals surface area contributed by atoms with E-state index in [2.05, 4.69) is 0 Å². The van der Waals surface area contributed by atoms with Gasteiger partial charge in [0.15, 0.2) is 0 Å². The Balaban J connectivity index is 1.91. The van der Waals surface area contributed by atoms with Gasteiger partial charge in [0, 0.05) is 6.04 Å². The number of imide groups is 1. The van der Waals surface area contributed by atoms with Crippen molar-refractivity contribution in [3.05, 3.63) is 40.4 Å². The topological polar surface area (TPSA) is 37.4 Å². The Hall–Kier alpha value is -1.61. The maximum absolute atomic E-state index is 12.8. The minimum atomic E-state index is -0.325. The first-order valence-electron chi connectivity index (χ1n) is 7.94. The van der Waals surface area contributed by atoms with Gasteiger partial charge < -0.3 is 0 Å². The minimum absolute atomic E-state index is 0.000742. The zero-order valence-corrected chi connectivity index (χ0v) is 13.5. The van der Waals surface area contributed by atoms with Gasteiger partial charge in [-0.1, -0.05) is 67.1 Å². The molecule has 0 atom stereocenters. The molecule has 0 unspecified atom stereocenters. The number of carbonyl (C=O) groups excluding carboxylic acids is 2. The van der Waals surface area contributed by atoms with Gasteiger partial charge in [-0.15, -0.1) is 0 Å². The Kier molecular flexibility index (Phi) is 4.34. The molecule has 2 amide bonds. The van der Waals surface area contributed by atoms with Gasteiger partial charge in [0.05, 0.1) is 5.57 Å². The monoisotopic (exact) mass is 317 g/mol. The molecule has 3 nitrogen and oxygen atoms in total. The van der Waals surface area contributed by atoms with Crippen LogP contribution in [0.4, 0.5) is 0 Å². The summed E-state index contributed by atoms with van der Waals surface area (Å²) in [6.45, 7) is 1.99. The molecule has 3 rings (SSSR count). The number of halogens is 1. The van der Waals surface area contributed by atoms with Crippen molar-refractivity contribution in [1.29, 1.82) is 0 Å². The number of aryl methyl sites for hydroxylation is 1. The van der Waals surface area contributed by atoms with Crippen LogP contribution in [0.3, 0.4) is 0 Å². The number of carbonyl (C=O) groups is 2. The summed E-state index contributed by atoms with van der Waals surface area (Å²) in [4.78, 5) is 26.7. The van der Waals surface area contributed by atoms with Crippen molar-refractivity contribution in [3.63, 3.8) is 0 Å². The lowest BCUT2D eigenvalue weighted by Gasteiger charge is -2.25. The molecule has 1 aliphatic carbocycles. The van der Waals surface area contributed by atoms with Crippen LogP contribution in [-0.4, -0.2) is 22.8 Å². The summed E-state index contributed by atoms with van der Waals surface area (Å²) >= 11 is 6.22. The summed E-state index contributed by atoms with van der Waals surface area (Å²) in [6, 6.07) is 7.57. The van der Waals surface area contributed by atoms with Crippen molar-refractivity contribution >= 4 is 29.0 Å². The van der Waals surface area contributed by atoms with Crippen molar-refractivity contribution in [2.75, 3.05) is 0 Å². The third-order valence-corrected chi connectivity index (χ3v) is 4.94. The molecule has 1 aliphatic heterocycles. The van der Waals surface area contributed by atoms with Crippen LogP contribution in [0.25, 0.3) is 5.57 Å². The van der Waals surface area contributed by atoms with E-state index in [4.69, 9.17) is 11.6 Å². The third-order valence-electron chi connectivity index (χ3n) is 4.59. The lowest BCUT2D eigenvalue weighted by Crippen LogP contribution is -2.40. The predicted molar refractivity (Wildman–Crippen MR) is 87.3 cm³/mol. The summed E-state index contributed by atoms with van der Waals surface area (Å²) in [5, 5.41) is 0.0677. The second kappa shape index (κ2) is 6.25. The normalized spacial score (nSPS) is 20.7. The first-order chi connectivity index (χ1) is 10.6. The molecule has 1 heterocycles. The van der Waals surface area contributed by atoms with Crippen LogP contribution in [0.15, 0.2) is 29.3 Å². The highest BCUT2D eigenvalue weighted by atomic mass is 35.5. The van der Waals surface area contributed by atoms with Gasteiger partial charge >= 0.3 is 0 Å². The number of nitrogens with zero attached hydrogens (tertiary/aromatic N) is 1. The van der Waals surface area contributed by atoms with Crippen LogP contribution in [0.2, 0.25) is 0 Å². The summed E-state index contributed by atoms with van der Waals surface area (Å²) in [6.07, 6.45) is 6.28. The van der Waals surface area contributed by atoms with Gasteiger partial charge in [-0.05, 0) is 25.3 Å². The van der Waals surface area contributed by atoms with E-state index in [1.807, 2.05) is 31.2 Å². The molecule has 22 heavy (non-hydrogen) atoms. The average Bonchev–Trinajstić information content (AvgIpc) is 2.70. The Morgan fingerprint density at radius 1 is 0.955 bits per heavy atom. The number of rotatable bonds is 2. The van der Waals surface area contributed by atoms with Crippen molar-refractivity contribution in [3.8, 4) is 0 Å². The summed E-state index contributed by atoms with van der Waals surface area (Å²) in [7, 11) is 0. The molecule has 0 radical (unpaired) electrons. The second-order valence-corrected chi connectivity index (χ2v) is 6.56. The number of hydrogen-bond donors (Lipinski definition) is 0. The number of benzene rings is 1. The van der Waals surface area contributed by atoms with Crippen molar-refractivity contribution < 1.29 is 9.59 Å². The van der Waals surface area contributed by atoms with E-state index in [9.17, 15) is 9.59 Å². The van der Waals surface area contributed by atoms with Gasteiger partial charge in [-0.25, -0.2) is 0 Å². The maximum atomic E-state index is 12.8. The van der Waals surface area contributed by atoms with Crippen LogP contribution < -0.4 is 0 Å². The molecule has 1 fully saturated rings. The standard InChI is InChI=1S/C18H20ClNO2/c1-12-8-10-13(11-9-12)15-16(19)18(22)20(17(15)21)14-6-4-2-3-5-7-14/h8-11,14H,2-7H2,1H3. The van der Waals surface area contributed by atoms with Gasteiger partial charge in [0.25, 0.3) is 11.8 Å². The highest BCUT2D eigenvalue weighted by molar-refractivity contribution is 6.55. The third kappa shape index (κ3) is 2.70. The lowest BCUT2D eigenvalue weighted by atomic mass is 10.0. The largest absolute Gasteiger partial charge is 0.273 e. The van der Waals surface area contributed by atoms with Crippen molar-refractivity contribution in [2.24, 2.45) is 0 Å². The Labute approximate surface area is 135 Å². The fourth-order valence-electron chi connectivity index (χ4n) is 3.34. The molecule has 0 N–H and O–H groups in total. The SMILES string of the molecule is Cc1ccc(C2=C(Cl)C(=O)N(C3CCCCCC3)C2=O)cc1. The Bertz CT molecular complexity index is 625. The van der Waals surface area contributed by atoms with Crippen LogP contribution in [0.5, 0.6) is 0 Å². The Morgan fingerprint density at radius 3 is 2.14 bits per heavy atom. The molecule has 0 aromatic heterocycles. The average molecular weight is 318 g/mol. The predicted octanol–water partition coefficient (Wildman–Crippen LogP) is 4.04. The molecule has 0 spiro atoms. The van der Waals surface area contributed by atoms with Gasteiger partial charge in [-0.2, -0.15) is 0 Å². The van der Waals surface area contributed by atoms with Gasteiger partial charge in [0.2, 0.25) is 0 Å². The molecule has 0 bridgehead atoms. The Morgan fingerprint density at radius 2 is 1.55 bits per heavy atom. The van der Waals surface area contributed by atoms with E-state index in [1.54, 1.807) is 0 Å². The van der Waals surface area contributed by atoms with Gasteiger partial charge in [0.1, 0.15) is 5.03 Å². The van der Waals surface area contributed by atoms with Crippen LogP contribution in [-0.2, 0) is 9.59 Å². The molecule has 2 aliphatic rings. The van der Waals surface area contributed by atoms with E-state index < -0.39 is 0 Å². The molecule has 1 saturated carbocycles. The summed E-state index contributed by atoms with van der Waals surface area (Å²) < 4.78 is 0. The maximum Gasteiger partial charge on any atom is 0.273 e. The fraction of sp³-hybridized carbons (Fsp3) is 0.444. The van der Waals surface area contributed by atoms with Crippen LogP contribution in [0, 0.1) is 6.92 Å². The number of hydrogen-bond acceptors (Lipinski definition) is 2. The van der Waals surface area contributed by atoms with Crippen LogP contribution >= 0.6 is 11.6 Å². The van der Waals surface area contributed by atoms with E-state index in [-0.39, 0.29) is 22.9 Å². The van der Waals surface area contributed by atoms with Crippen LogP contribution in [0.1, 0.15) is 49.7 Å². The van der Waals surface area contributed by atoms with Crippen molar-refractivity contribution in [2.45, 2.75) is 51.5 Å². The highest BCUT2D eigenvalue weighted by Gasteiger charge is 2.41. The molecular weight excluding hydrogens is 298 g/mol. The molecule has 0 saturated heterocycles. The zero-order valence-electron chi connectivity index (χ0n) is 12.8. The van der Waals surface area contributed by atoms with Crippen molar-refractivity contribution in [1.82, 2.24) is 4.90 Å². The molecular formula is C18H20ClNO2. The van der Waals surface area contributed by atoms with E-state index >= 15 is 0 Å². The van der Waals surface area contributed by atoms with E-state index in [0.29, 0.717) is 5.57 Å². The highest BCUT2D eigenvalue weighted by Crippen LogP contribution is 2.35. The minimum Gasteiger partial charge on any atom is -0.270 e.